The third-order valence-electron chi connectivity index (χ3n) is 2.11. The molecule has 1 aromatic rings. The van der Waals surface area contributed by atoms with Crippen LogP contribution in [0.5, 0.6) is 0 Å². The third kappa shape index (κ3) is 4.52. The third-order valence-corrected chi connectivity index (χ3v) is 2.11. The molecule has 0 aliphatic carbocycles. The fourth-order valence-electron chi connectivity index (χ4n) is 1.25. The number of urea groups is 1. The number of non-ortho nitro benzene ring substituents is 1. The van der Waals surface area contributed by atoms with E-state index in [2.05, 4.69) is 15.4 Å². The predicted molar refractivity (Wildman–Crippen MR) is 66.7 cm³/mol. The molecule has 0 heterocycles. The van der Waals surface area contributed by atoms with Gasteiger partial charge in [-0.3, -0.25) is 14.9 Å². The smallest absolute Gasteiger partial charge is 0.325 e. The van der Waals surface area contributed by atoms with Crippen molar-refractivity contribution in [1.82, 2.24) is 5.32 Å². The standard InChI is InChI=1S/C11H12FN3O5/c1-2-20-10(16)6-13-11(17)14-9-5-7(15(18)19)3-4-8(9)12/h3-5H,2,6H2,1H3,(H2,13,14,17). The van der Waals surface area contributed by atoms with Crippen LogP contribution < -0.4 is 10.6 Å². The van der Waals surface area contributed by atoms with Crippen molar-refractivity contribution in [1.29, 1.82) is 0 Å². The second-order valence-corrected chi connectivity index (χ2v) is 3.53. The van der Waals surface area contributed by atoms with Crippen molar-refractivity contribution in [2.75, 3.05) is 18.5 Å². The summed E-state index contributed by atoms with van der Waals surface area (Å²) < 4.78 is 17.9. The van der Waals surface area contributed by atoms with E-state index in [-0.39, 0.29) is 18.0 Å². The van der Waals surface area contributed by atoms with Gasteiger partial charge in [-0.1, -0.05) is 0 Å². The van der Waals surface area contributed by atoms with Crippen LogP contribution in [0.15, 0.2) is 18.2 Å². The zero-order chi connectivity index (χ0) is 15.1. The Morgan fingerprint density at radius 1 is 1.45 bits per heavy atom. The number of benzene rings is 1. The molecule has 8 nitrogen and oxygen atoms in total. The SMILES string of the molecule is CCOC(=O)CNC(=O)Nc1cc([N+](=O)[O-])ccc1F. The molecular formula is C11H12FN3O5. The highest BCUT2D eigenvalue weighted by molar-refractivity contribution is 5.91. The summed E-state index contributed by atoms with van der Waals surface area (Å²) in [6.45, 7) is 1.38. The number of anilines is 1. The second kappa shape index (κ2) is 7.02. The first kappa shape index (κ1) is 15.3. The minimum Gasteiger partial charge on any atom is -0.465 e. The van der Waals surface area contributed by atoms with Crippen LogP contribution in [0.25, 0.3) is 0 Å². The van der Waals surface area contributed by atoms with Gasteiger partial charge >= 0.3 is 12.0 Å². The maximum Gasteiger partial charge on any atom is 0.325 e. The number of hydrogen-bond donors (Lipinski definition) is 2. The average Bonchev–Trinajstić information content (AvgIpc) is 2.39. The fourth-order valence-corrected chi connectivity index (χ4v) is 1.25. The van der Waals surface area contributed by atoms with Crippen molar-refractivity contribution in [3.05, 3.63) is 34.1 Å². The van der Waals surface area contributed by atoms with Crippen LogP contribution in [0.1, 0.15) is 6.92 Å². The van der Waals surface area contributed by atoms with E-state index in [4.69, 9.17) is 0 Å². The van der Waals surface area contributed by atoms with Crippen molar-refractivity contribution >= 4 is 23.4 Å². The molecule has 0 saturated carbocycles. The molecule has 0 aliphatic rings. The largest absolute Gasteiger partial charge is 0.465 e. The van der Waals surface area contributed by atoms with Gasteiger partial charge in [0.15, 0.2) is 0 Å². The molecule has 0 bridgehead atoms. The van der Waals surface area contributed by atoms with Gasteiger partial charge < -0.3 is 15.4 Å². The molecule has 0 spiro atoms. The number of carbonyl (C=O) groups excluding carboxylic acids is 2. The first-order valence-corrected chi connectivity index (χ1v) is 5.58. The van der Waals surface area contributed by atoms with E-state index >= 15 is 0 Å². The molecule has 0 fully saturated rings. The predicted octanol–water partition coefficient (Wildman–Crippen LogP) is 1.42. The Kier molecular flexibility index (Phi) is 5.39. The second-order valence-electron chi connectivity index (χ2n) is 3.53. The van der Waals surface area contributed by atoms with Gasteiger partial charge in [-0.15, -0.1) is 0 Å². The van der Waals surface area contributed by atoms with Gasteiger partial charge in [-0.25, -0.2) is 9.18 Å². The topological polar surface area (TPSA) is 111 Å². The van der Waals surface area contributed by atoms with Crippen molar-refractivity contribution in [2.24, 2.45) is 0 Å². The molecule has 0 aromatic heterocycles. The van der Waals surface area contributed by atoms with Crippen LogP contribution >= 0.6 is 0 Å². The highest BCUT2D eigenvalue weighted by atomic mass is 19.1. The molecule has 0 unspecified atom stereocenters. The fraction of sp³-hybridized carbons (Fsp3) is 0.273. The number of nitro groups is 1. The molecule has 0 aliphatic heterocycles. The lowest BCUT2D eigenvalue weighted by molar-refractivity contribution is -0.384. The molecule has 2 N–H and O–H groups in total. The Bertz CT molecular complexity index is 535. The zero-order valence-electron chi connectivity index (χ0n) is 10.5. The Labute approximate surface area is 113 Å². The van der Waals surface area contributed by atoms with E-state index in [1.165, 1.54) is 0 Å². The van der Waals surface area contributed by atoms with E-state index in [9.17, 15) is 24.1 Å². The van der Waals surface area contributed by atoms with Gasteiger partial charge in [0.2, 0.25) is 0 Å². The summed E-state index contributed by atoms with van der Waals surface area (Å²) >= 11 is 0. The van der Waals surface area contributed by atoms with Gasteiger partial charge in [0.05, 0.1) is 17.2 Å². The Balaban J connectivity index is 2.63. The summed E-state index contributed by atoms with van der Waals surface area (Å²) in [6.07, 6.45) is 0. The summed E-state index contributed by atoms with van der Waals surface area (Å²) in [4.78, 5) is 32.2. The lowest BCUT2D eigenvalue weighted by atomic mass is 10.2. The molecule has 0 atom stereocenters. The molecule has 0 saturated heterocycles. The Morgan fingerprint density at radius 2 is 2.15 bits per heavy atom. The summed E-state index contributed by atoms with van der Waals surface area (Å²) in [5.41, 5.74) is -0.729. The summed E-state index contributed by atoms with van der Waals surface area (Å²) in [5, 5.41) is 14.7. The number of nitro benzene ring substituents is 1. The number of nitrogens with one attached hydrogen (secondary N) is 2. The minimum absolute atomic E-state index is 0.168. The number of halogens is 1. The molecule has 9 heteroatoms. The highest BCUT2D eigenvalue weighted by Crippen LogP contribution is 2.20. The number of carbonyl (C=O) groups is 2. The molecule has 2 amide bonds. The maximum absolute atomic E-state index is 13.4. The van der Waals surface area contributed by atoms with E-state index in [0.29, 0.717) is 0 Å². The molecule has 20 heavy (non-hydrogen) atoms. The van der Waals surface area contributed by atoms with E-state index in [0.717, 1.165) is 18.2 Å². The van der Waals surface area contributed by atoms with Gasteiger partial charge in [0.25, 0.3) is 5.69 Å². The monoisotopic (exact) mass is 285 g/mol. The zero-order valence-corrected chi connectivity index (χ0v) is 10.5. The van der Waals surface area contributed by atoms with E-state index in [1.807, 2.05) is 0 Å². The Hall–Kier alpha value is -2.71. The molecular weight excluding hydrogens is 273 g/mol. The highest BCUT2D eigenvalue weighted by Gasteiger charge is 2.13. The van der Waals surface area contributed by atoms with Crippen LogP contribution in [0.4, 0.5) is 20.6 Å². The van der Waals surface area contributed by atoms with Crippen molar-refractivity contribution < 1.29 is 23.6 Å². The van der Waals surface area contributed by atoms with Gasteiger partial charge in [0, 0.05) is 12.1 Å². The summed E-state index contributed by atoms with van der Waals surface area (Å²) in [5.74, 6) is -1.48. The molecule has 0 radical (unpaired) electrons. The van der Waals surface area contributed by atoms with Gasteiger partial charge in [-0.05, 0) is 13.0 Å². The molecule has 1 rings (SSSR count). The van der Waals surface area contributed by atoms with Crippen LogP contribution in [-0.2, 0) is 9.53 Å². The lowest BCUT2D eigenvalue weighted by Gasteiger charge is -2.08. The van der Waals surface area contributed by atoms with E-state index < -0.39 is 29.3 Å². The van der Waals surface area contributed by atoms with Crippen molar-refractivity contribution in [3.8, 4) is 0 Å². The van der Waals surface area contributed by atoms with Gasteiger partial charge in [-0.2, -0.15) is 0 Å². The van der Waals surface area contributed by atoms with E-state index in [1.54, 1.807) is 6.92 Å². The first-order valence-electron chi connectivity index (χ1n) is 5.58. The average molecular weight is 285 g/mol. The Morgan fingerprint density at radius 3 is 2.75 bits per heavy atom. The quantitative estimate of drug-likeness (QED) is 0.483. The van der Waals surface area contributed by atoms with Gasteiger partial charge in [0.1, 0.15) is 12.4 Å². The number of ether oxygens (including phenoxy) is 1. The number of esters is 1. The number of hydrogen-bond acceptors (Lipinski definition) is 5. The number of amides is 2. The number of nitrogens with zero attached hydrogens (tertiary/aromatic N) is 1. The van der Waals surface area contributed by atoms with Crippen molar-refractivity contribution in [2.45, 2.75) is 6.92 Å². The maximum atomic E-state index is 13.4. The minimum atomic E-state index is -0.877. The lowest BCUT2D eigenvalue weighted by Crippen LogP contribution is -2.34. The molecule has 1 aromatic carbocycles. The van der Waals surface area contributed by atoms with Crippen LogP contribution in [0.2, 0.25) is 0 Å². The normalized spacial score (nSPS) is 9.70. The summed E-state index contributed by atoms with van der Waals surface area (Å²) in [6, 6.07) is 1.83. The van der Waals surface area contributed by atoms with Crippen LogP contribution in [-0.4, -0.2) is 30.1 Å². The van der Waals surface area contributed by atoms with Crippen LogP contribution in [0, 0.1) is 15.9 Å². The molecule has 108 valence electrons. The van der Waals surface area contributed by atoms with Crippen LogP contribution in [0.3, 0.4) is 0 Å². The summed E-state index contributed by atoms with van der Waals surface area (Å²) in [7, 11) is 0. The number of rotatable bonds is 5. The van der Waals surface area contributed by atoms with Crippen molar-refractivity contribution in [3.63, 3.8) is 0 Å². The first-order chi connectivity index (χ1) is 9.43.